The molecule has 1 heterocycles. The number of ketones is 1. The molecule has 108 valence electrons. The smallest absolute Gasteiger partial charge is 0.325 e. The summed E-state index contributed by atoms with van der Waals surface area (Å²) in [5.74, 6) is -1.71. The minimum absolute atomic E-state index is 0.0968. The van der Waals surface area contributed by atoms with Crippen LogP contribution in [0.5, 0.6) is 0 Å². The van der Waals surface area contributed by atoms with Crippen LogP contribution in [-0.4, -0.2) is 21.5 Å². The SMILES string of the molecule is CC(C)n1c(CC(=O)C(F)(F)F)nc2cc(Cl)ccc21. The average molecular weight is 305 g/mol. The van der Waals surface area contributed by atoms with Crippen LogP contribution in [0.3, 0.4) is 0 Å². The zero-order valence-electron chi connectivity index (χ0n) is 10.8. The zero-order chi connectivity index (χ0) is 15.1. The van der Waals surface area contributed by atoms with Crippen molar-refractivity contribution < 1.29 is 18.0 Å². The Kier molecular flexibility index (Phi) is 3.77. The molecule has 1 aromatic carbocycles. The summed E-state index contributed by atoms with van der Waals surface area (Å²) in [6.07, 6.45) is -5.62. The number of hydrogen-bond donors (Lipinski definition) is 0. The molecule has 0 aliphatic heterocycles. The minimum atomic E-state index is -4.85. The van der Waals surface area contributed by atoms with Crippen LogP contribution < -0.4 is 0 Å². The second kappa shape index (κ2) is 5.09. The van der Waals surface area contributed by atoms with E-state index < -0.39 is 18.4 Å². The highest BCUT2D eigenvalue weighted by Gasteiger charge is 2.39. The number of hydrogen-bond acceptors (Lipinski definition) is 2. The Bertz CT molecular complexity index is 661. The van der Waals surface area contributed by atoms with Crippen LogP contribution in [0.4, 0.5) is 13.2 Å². The van der Waals surface area contributed by atoms with Crippen LogP contribution in [0.25, 0.3) is 11.0 Å². The lowest BCUT2D eigenvalue weighted by atomic mass is 10.2. The number of nitrogens with zero attached hydrogens (tertiary/aromatic N) is 2. The van der Waals surface area contributed by atoms with Gasteiger partial charge in [-0.1, -0.05) is 11.6 Å². The Balaban J connectivity index is 2.52. The lowest BCUT2D eigenvalue weighted by Crippen LogP contribution is -2.26. The Morgan fingerprint density at radius 3 is 2.60 bits per heavy atom. The fraction of sp³-hybridized carbons (Fsp3) is 0.385. The van der Waals surface area contributed by atoms with E-state index in [-0.39, 0.29) is 11.9 Å². The molecule has 20 heavy (non-hydrogen) atoms. The number of aromatic nitrogens is 2. The van der Waals surface area contributed by atoms with Gasteiger partial charge >= 0.3 is 6.18 Å². The Morgan fingerprint density at radius 1 is 1.40 bits per heavy atom. The molecule has 0 atom stereocenters. The lowest BCUT2D eigenvalue weighted by molar-refractivity contribution is -0.170. The third-order valence-electron chi connectivity index (χ3n) is 2.88. The lowest BCUT2D eigenvalue weighted by Gasteiger charge is -2.13. The maximum atomic E-state index is 12.4. The van der Waals surface area contributed by atoms with Crippen molar-refractivity contribution in [1.29, 1.82) is 0 Å². The molecule has 0 saturated carbocycles. The number of carbonyl (C=O) groups is 1. The first-order valence-corrected chi connectivity index (χ1v) is 6.34. The quantitative estimate of drug-likeness (QED) is 0.860. The highest BCUT2D eigenvalue weighted by atomic mass is 35.5. The molecule has 3 nitrogen and oxygen atoms in total. The molecule has 1 aromatic heterocycles. The molecule has 0 radical (unpaired) electrons. The van der Waals surface area contributed by atoms with E-state index in [0.717, 1.165) is 0 Å². The molecule has 0 N–H and O–H groups in total. The van der Waals surface area contributed by atoms with Crippen LogP contribution >= 0.6 is 11.6 Å². The van der Waals surface area contributed by atoms with Gasteiger partial charge in [-0.2, -0.15) is 13.2 Å². The normalized spacial score (nSPS) is 12.3. The molecule has 2 aromatic rings. The second-order valence-corrected chi connectivity index (χ2v) is 5.16. The molecule has 0 spiro atoms. The Morgan fingerprint density at radius 2 is 2.05 bits per heavy atom. The maximum absolute atomic E-state index is 12.4. The van der Waals surface area contributed by atoms with E-state index in [2.05, 4.69) is 4.98 Å². The van der Waals surface area contributed by atoms with Gasteiger partial charge in [-0.25, -0.2) is 4.98 Å². The van der Waals surface area contributed by atoms with Crippen molar-refractivity contribution in [3.63, 3.8) is 0 Å². The first-order valence-electron chi connectivity index (χ1n) is 5.96. The summed E-state index contributed by atoms with van der Waals surface area (Å²) in [5, 5.41) is 0.444. The summed E-state index contributed by atoms with van der Waals surface area (Å²) in [6, 6.07) is 4.78. The standard InChI is InChI=1S/C13H12ClF3N2O/c1-7(2)19-10-4-3-8(14)5-9(10)18-12(19)6-11(20)13(15,16)17/h3-5,7H,6H2,1-2H3. The van der Waals surface area contributed by atoms with E-state index in [1.165, 1.54) is 0 Å². The average Bonchev–Trinajstić information content (AvgIpc) is 2.64. The van der Waals surface area contributed by atoms with Crippen LogP contribution in [-0.2, 0) is 11.2 Å². The summed E-state index contributed by atoms with van der Waals surface area (Å²) in [4.78, 5) is 15.3. The Hall–Kier alpha value is -1.56. The summed E-state index contributed by atoms with van der Waals surface area (Å²) < 4.78 is 38.8. The Labute approximate surface area is 118 Å². The molecular weight excluding hydrogens is 293 g/mol. The molecule has 0 aliphatic carbocycles. The van der Waals surface area contributed by atoms with Crippen molar-refractivity contribution in [2.45, 2.75) is 32.5 Å². The number of carbonyl (C=O) groups excluding carboxylic acids is 1. The van der Waals surface area contributed by atoms with Crippen molar-refractivity contribution >= 4 is 28.4 Å². The number of benzene rings is 1. The molecule has 7 heteroatoms. The van der Waals surface area contributed by atoms with Gasteiger partial charge in [0.25, 0.3) is 0 Å². The van der Waals surface area contributed by atoms with Gasteiger partial charge in [0.2, 0.25) is 5.78 Å². The van der Waals surface area contributed by atoms with E-state index in [1.54, 1.807) is 22.8 Å². The van der Waals surface area contributed by atoms with Gasteiger partial charge in [0.05, 0.1) is 17.5 Å². The molecule has 0 unspecified atom stereocenters. The highest BCUT2D eigenvalue weighted by Crippen LogP contribution is 2.26. The first kappa shape index (κ1) is 14.8. The topological polar surface area (TPSA) is 34.9 Å². The van der Waals surface area contributed by atoms with E-state index >= 15 is 0 Å². The number of fused-ring (bicyclic) bond motifs is 1. The number of alkyl halides is 3. The molecule has 0 bridgehead atoms. The second-order valence-electron chi connectivity index (χ2n) is 4.72. The van der Waals surface area contributed by atoms with Gasteiger partial charge in [-0.15, -0.1) is 0 Å². The van der Waals surface area contributed by atoms with E-state index in [1.807, 2.05) is 13.8 Å². The molecular formula is C13H12ClF3N2O. The van der Waals surface area contributed by atoms with Crippen molar-refractivity contribution in [3.8, 4) is 0 Å². The number of imidazole rings is 1. The highest BCUT2D eigenvalue weighted by molar-refractivity contribution is 6.31. The molecule has 0 aliphatic rings. The fourth-order valence-electron chi connectivity index (χ4n) is 2.07. The van der Waals surface area contributed by atoms with Crippen molar-refractivity contribution in [2.24, 2.45) is 0 Å². The van der Waals surface area contributed by atoms with E-state index in [0.29, 0.717) is 16.1 Å². The van der Waals surface area contributed by atoms with Crippen LogP contribution in [0, 0.1) is 0 Å². The summed E-state index contributed by atoms with van der Waals surface area (Å²) in [6.45, 7) is 3.63. The maximum Gasteiger partial charge on any atom is 0.450 e. The molecule has 0 fully saturated rings. The van der Waals surface area contributed by atoms with Gasteiger partial charge in [-0.3, -0.25) is 4.79 Å². The van der Waals surface area contributed by atoms with Crippen LogP contribution in [0.2, 0.25) is 5.02 Å². The first-order chi connectivity index (χ1) is 9.20. The van der Waals surface area contributed by atoms with Gasteiger partial charge in [0.15, 0.2) is 0 Å². The van der Waals surface area contributed by atoms with Gasteiger partial charge in [0.1, 0.15) is 5.82 Å². The summed E-state index contributed by atoms with van der Waals surface area (Å²) in [7, 11) is 0. The van der Waals surface area contributed by atoms with Crippen molar-refractivity contribution in [1.82, 2.24) is 9.55 Å². The minimum Gasteiger partial charge on any atom is -0.325 e. The zero-order valence-corrected chi connectivity index (χ0v) is 11.6. The van der Waals surface area contributed by atoms with Gasteiger partial charge in [0, 0.05) is 11.1 Å². The van der Waals surface area contributed by atoms with Crippen molar-refractivity contribution in [3.05, 3.63) is 29.0 Å². The predicted molar refractivity (Wildman–Crippen MR) is 69.9 cm³/mol. The van der Waals surface area contributed by atoms with Crippen LogP contribution in [0.15, 0.2) is 18.2 Å². The molecule has 0 amide bonds. The van der Waals surface area contributed by atoms with E-state index in [4.69, 9.17) is 11.6 Å². The third-order valence-corrected chi connectivity index (χ3v) is 3.11. The number of rotatable bonds is 3. The molecule has 0 saturated heterocycles. The van der Waals surface area contributed by atoms with Gasteiger partial charge in [-0.05, 0) is 32.0 Å². The third kappa shape index (κ3) is 2.80. The predicted octanol–water partition coefficient (Wildman–Crippen LogP) is 3.94. The number of Topliss-reactive ketones (excluding diaryl/α,β-unsaturated/α-hetero) is 1. The fourth-order valence-corrected chi connectivity index (χ4v) is 2.23. The summed E-state index contributed by atoms with van der Waals surface area (Å²) >= 11 is 5.84. The number of halogens is 4. The van der Waals surface area contributed by atoms with Gasteiger partial charge < -0.3 is 4.57 Å². The summed E-state index contributed by atoms with van der Waals surface area (Å²) in [5.41, 5.74) is 1.14. The van der Waals surface area contributed by atoms with Crippen molar-refractivity contribution in [2.75, 3.05) is 0 Å². The van der Waals surface area contributed by atoms with Crippen LogP contribution in [0.1, 0.15) is 25.7 Å². The van der Waals surface area contributed by atoms with E-state index in [9.17, 15) is 18.0 Å². The monoisotopic (exact) mass is 304 g/mol. The largest absolute Gasteiger partial charge is 0.450 e. The molecule has 2 rings (SSSR count).